The van der Waals surface area contributed by atoms with Crippen molar-refractivity contribution in [1.29, 1.82) is 0 Å². The number of aromatic amines is 1. The first kappa shape index (κ1) is 22.4. The molecular formula is C23H22N4O5S. The molecule has 2 N–H and O–H groups in total. The van der Waals surface area contributed by atoms with Gasteiger partial charge in [0.2, 0.25) is 0 Å². The van der Waals surface area contributed by atoms with Crippen molar-refractivity contribution >= 4 is 34.5 Å². The quantitative estimate of drug-likeness (QED) is 0.300. The lowest BCUT2D eigenvalue weighted by Crippen LogP contribution is -2.18. The number of ether oxygens (including phenoxy) is 1. The Morgan fingerprint density at radius 1 is 1.18 bits per heavy atom. The molecule has 0 aliphatic heterocycles. The standard InChI is InChI=1S/C23H22N4O5S/c1-2-31-23(30)24-17-8-9-18-16(12-20(28)32-19(18)13-17)14-33-22-26-25-21(29)27(22)11-10-15-6-4-3-5-7-15/h3-9,12-13H,2,10-11,14H2,1H3,(H,24,30)(H,25,29). The molecule has 4 aromatic rings. The molecule has 9 nitrogen and oxygen atoms in total. The van der Waals surface area contributed by atoms with E-state index in [1.807, 2.05) is 30.3 Å². The SMILES string of the molecule is CCOC(=O)Nc1ccc2c(CSc3n[nH]c(=O)n3CCc3ccccc3)cc(=O)oc2c1. The van der Waals surface area contributed by atoms with E-state index in [0.717, 1.165) is 16.5 Å². The van der Waals surface area contributed by atoms with Crippen LogP contribution in [0.4, 0.5) is 10.5 Å². The number of nitrogens with one attached hydrogen (secondary N) is 2. The highest BCUT2D eigenvalue weighted by Crippen LogP contribution is 2.27. The number of anilines is 1. The van der Waals surface area contributed by atoms with Crippen LogP contribution in [0.3, 0.4) is 0 Å². The molecule has 10 heteroatoms. The Kier molecular flexibility index (Phi) is 6.94. The number of thioether (sulfide) groups is 1. The first-order valence-electron chi connectivity index (χ1n) is 10.4. The summed E-state index contributed by atoms with van der Waals surface area (Å²) < 4.78 is 11.8. The maximum atomic E-state index is 12.2. The number of aromatic nitrogens is 3. The van der Waals surface area contributed by atoms with Gasteiger partial charge in [0.25, 0.3) is 0 Å². The van der Waals surface area contributed by atoms with Crippen molar-refractivity contribution < 1.29 is 13.9 Å². The number of carbonyl (C=O) groups excluding carboxylic acids is 1. The molecule has 0 saturated heterocycles. The smallest absolute Gasteiger partial charge is 0.411 e. The zero-order valence-electron chi connectivity index (χ0n) is 17.9. The minimum atomic E-state index is -0.585. The van der Waals surface area contributed by atoms with E-state index in [4.69, 9.17) is 9.15 Å². The Balaban J connectivity index is 1.52. The molecule has 0 aliphatic rings. The maximum Gasteiger partial charge on any atom is 0.411 e. The van der Waals surface area contributed by atoms with Crippen LogP contribution in [-0.4, -0.2) is 27.5 Å². The second-order valence-corrected chi connectivity index (χ2v) is 8.08. The lowest BCUT2D eigenvalue weighted by molar-refractivity contribution is 0.168. The molecule has 2 aromatic carbocycles. The van der Waals surface area contributed by atoms with Gasteiger partial charge in [-0.05, 0) is 36.6 Å². The number of aryl methyl sites for hydroxylation is 1. The number of hydrogen-bond donors (Lipinski definition) is 2. The molecule has 0 bridgehead atoms. The van der Waals surface area contributed by atoms with Gasteiger partial charge in [0.1, 0.15) is 5.58 Å². The first-order chi connectivity index (χ1) is 16.0. The fourth-order valence-corrected chi connectivity index (χ4v) is 4.31. The van der Waals surface area contributed by atoms with Gasteiger partial charge in [-0.3, -0.25) is 9.88 Å². The first-order valence-corrected chi connectivity index (χ1v) is 11.3. The highest BCUT2D eigenvalue weighted by atomic mass is 32.2. The van der Waals surface area contributed by atoms with Gasteiger partial charge in [-0.1, -0.05) is 42.1 Å². The molecule has 2 aromatic heterocycles. The van der Waals surface area contributed by atoms with E-state index < -0.39 is 11.7 Å². The van der Waals surface area contributed by atoms with Gasteiger partial charge in [-0.15, -0.1) is 5.10 Å². The Morgan fingerprint density at radius 2 is 2.00 bits per heavy atom. The zero-order valence-corrected chi connectivity index (χ0v) is 18.7. The molecule has 0 spiro atoms. The van der Waals surface area contributed by atoms with Crippen LogP contribution in [-0.2, 0) is 23.5 Å². The second-order valence-electron chi connectivity index (χ2n) is 7.13. The van der Waals surface area contributed by atoms with E-state index in [-0.39, 0.29) is 12.3 Å². The third kappa shape index (κ3) is 5.53. The van der Waals surface area contributed by atoms with E-state index >= 15 is 0 Å². The van der Waals surface area contributed by atoms with Crippen molar-refractivity contribution in [3.63, 3.8) is 0 Å². The minimum Gasteiger partial charge on any atom is -0.450 e. The fourth-order valence-electron chi connectivity index (χ4n) is 3.35. The zero-order chi connectivity index (χ0) is 23.2. The van der Waals surface area contributed by atoms with Crippen LogP contribution in [0.15, 0.2) is 73.8 Å². The topological polar surface area (TPSA) is 119 Å². The van der Waals surface area contributed by atoms with Crippen LogP contribution in [0, 0.1) is 0 Å². The minimum absolute atomic E-state index is 0.249. The summed E-state index contributed by atoms with van der Waals surface area (Å²) in [5, 5.41) is 10.5. The van der Waals surface area contributed by atoms with Gasteiger partial charge < -0.3 is 9.15 Å². The summed E-state index contributed by atoms with van der Waals surface area (Å²) in [7, 11) is 0. The summed E-state index contributed by atoms with van der Waals surface area (Å²) in [6.07, 6.45) is 0.111. The van der Waals surface area contributed by atoms with Crippen LogP contribution in [0.5, 0.6) is 0 Å². The van der Waals surface area contributed by atoms with E-state index in [9.17, 15) is 14.4 Å². The monoisotopic (exact) mass is 466 g/mol. The van der Waals surface area contributed by atoms with E-state index in [2.05, 4.69) is 15.5 Å². The molecule has 0 radical (unpaired) electrons. The number of amides is 1. The summed E-state index contributed by atoms with van der Waals surface area (Å²) in [4.78, 5) is 36.0. The fraction of sp³-hybridized carbons (Fsp3) is 0.217. The lowest BCUT2D eigenvalue weighted by atomic mass is 10.1. The van der Waals surface area contributed by atoms with Crippen molar-refractivity contribution in [1.82, 2.24) is 14.8 Å². The van der Waals surface area contributed by atoms with Crippen LogP contribution >= 0.6 is 11.8 Å². The van der Waals surface area contributed by atoms with Gasteiger partial charge >= 0.3 is 17.4 Å². The van der Waals surface area contributed by atoms with Gasteiger partial charge in [0.05, 0.1) is 6.61 Å². The average Bonchev–Trinajstić information content (AvgIpc) is 3.15. The molecule has 33 heavy (non-hydrogen) atoms. The van der Waals surface area contributed by atoms with Crippen LogP contribution in [0.2, 0.25) is 0 Å². The number of carbonyl (C=O) groups is 1. The highest BCUT2D eigenvalue weighted by molar-refractivity contribution is 7.98. The molecule has 4 rings (SSSR count). The summed E-state index contributed by atoms with van der Waals surface area (Å²) in [5.41, 5.74) is 1.88. The Morgan fingerprint density at radius 3 is 2.79 bits per heavy atom. The summed E-state index contributed by atoms with van der Waals surface area (Å²) in [6, 6.07) is 16.4. The van der Waals surface area contributed by atoms with Gasteiger partial charge in [-0.2, -0.15) is 0 Å². The van der Waals surface area contributed by atoms with Gasteiger partial charge in [0.15, 0.2) is 5.16 Å². The summed E-state index contributed by atoms with van der Waals surface area (Å²) in [6.45, 7) is 2.45. The lowest BCUT2D eigenvalue weighted by Gasteiger charge is -2.09. The molecule has 2 heterocycles. The van der Waals surface area contributed by atoms with Crippen molar-refractivity contribution in [2.45, 2.75) is 30.8 Å². The largest absolute Gasteiger partial charge is 0.450 e. The predicted octanol–water partition coefficient (Wildman–Crippen LogP) is 3.78. The molecule has 0 saturated carbocycles. The molecule has 1 amide bonds. The molecule has 0 unspecified atom stereocenters. The van der Waals surface area contributed by atoms with Crippen molar-refractivity contribution in [2.24, 2.45) is 0 Å². The number of hydrogen-bond acceptors (Lipinski definition) is 7. The predicted molar refractivity (Wildman–Crippen MR) is 126 cm³/mol. The normalized spacial score (nSPS) is 10.9. The number of H-pyrrole nitrogens is 1. The van der Waals surface area contributed by atoms with Crippen molar-refractivity contribution in [3.8, 4) is 0 Å². The van der Waals surface area contributed by atoms with Crippen LogP contribution in [0.1, 0.15) is 18.1 Å². The number of rotatable bonds is 8. The van der Waals surface area contributed by atoms with E-state index in [1.54, 1.807) is 29.7 Å². The Bertz CT molecular complexity index is 1380. The number of fused-ring (bicyclic) bond motifs is 1. The second kappa shape index (κ2) is 10.2. The van der Waals surface area contributed by atoms with E-state index in [1.165, 1.54) is 17.8 Å². The highest BCUT2D eigenvalue weighted by Gasteiger charge is 2.13. The number of benzene rings is 2. The average molecular weight is 467 g/mol. The maximum absolute atomic E-state index is 12.2. The number of nitrogens with zero attached hydrogens (tertiary/aromatic N) is 2. The third-order valence-electron chi connectivity index (χ3n) is 4.90. The molecule has 0 atom stereocenters. The van der Waals surface area contributed by atoms with Crippen LogP contribution < -0.4 is 16.6 Å². The van der Waals surface area contributed by atoms with Gasteiger partial charge in [-0.25, -0.2) is 19.5 Å². The van der Waals surface area contributed by atoms with E-state index in [0.29, 0.717) is 35.1 Å². The molecule has 0 fully saturated rings. The molecule has 170 valence electrons. The molecular weight excluding hydrogens is 444 g/mol. The third-order valence-corrected chi connectivity index (χ3v) is 5.92. The summed E-state index contributed by atoms with van der Waals surface area (Å²) in [5.74, 6) is 0.405. The summed E-state index contributed by atoms with van der Waals surface area (Å²) >= 11 is 1.35. The van der Waals surface area contributed by atoms with Crippen LogP contribution in [0.25, 0.3) is 11.0 Å². The Hall–Kier alpha value is -3.79. The van der Waals surface area contributed by atoms with Crippen molar-refractivity contribution in [3.05, 3.63) is 86.6 Å². The van der Waals surface area contributed by atoms with Gasteiger partial charge in [0, 0.05) is 35.5 Å². The Labute approximate surface area is 192 Å². The van der Waals surface area contributed by atoms with Crippen molar-refractivity contribution in [2.75, 3.05) is 11.9 Å². The molecule has 0 aliphatic carbocycles.